The van der Waals surface area contributed by atoms with Crippen LogP contribution in [0.5, 0.6) is 0 Å². The fourth-order valence-electron chi connectivity index (χ4n) is 1.87. The van der Waals surface area contributed by atoms with Crippen molar-refractivity contribution in [1.82, 2.24) is 0 Å². The molecule has 0 amide bonds. The van der Waals surface area contributed by atoms with Gasteiger partial charge in [0, 0.05) is 12.5 Å². The zero-order valence-corrected chi connectivity index (χ0v) is 9.90. The Labute approximate surface area is 104 Å². The van der Waals surface area contributed by atoms with Gasteiger partial charge in [-0.2, -0.15) is 0 Å². The number of rotatable bonds is 5. The van der Waals surface area contributed by atoms with Crippen LogP contribution in [0, 0.1) is 11.6 Å². The van der Waals surface area contributed by atoms with Crippen LogP contribution in [0.4, 0.5) is 8.78 Å². The molecule has 0 fully saturated rings. The lowest BCUT2D eigenvalue weighted by Gasteiger charge is -2.11. The van der Waals surface area contributed by atoms with E-state index in [2.05, 4.69) is 0 Å². The molecule has 2 nitrogen and oxygen atoms in total. The highest BCUT2D eigenvalue weighted by Crippen LogP contribution is 2.13. The van der Waals surface area contributed by atoms with Crippen LogP contribution in [0.15, 0.2) is 41.0 Å². The van der Waals surface area contributed by atoms with Gasteiger partial charge < -0.3 is 10.2 Å². The Morgan fingerprint density at radius 1 is 1.22 bits per heavy atom. The first kappa shape index (κ1) is 12.8. The molecule has 2 aromatic rings. The van der Waals surface area contributed by atoms with Crippen molar-refractivity contribution in [3.05, 3.63) is 59.6 Å². The maximum Gasteiger partial charge on any atom is 0.126 e. The van der Waals surface area contributed by atoms with Crippen molar-refractivity contribution in [2.45, 2.75) is 25.3 Å². The third-order valence-corrected chi connectivity index (χ3v) is 2.83. The number of aryl methyl sites for hydroxylation is 1. The van der Waals surface area contributed by atoms with Crippen LogP contribution in [0.25, 0.3) is 0 Å². The maximum atomic E-state index is 13.4. The van der Waals surface area contributed by atoms with Gasteiger partial charge in [-0.05, 0) is 48.7 Å². The molecule has 0 saturated heterocycles. The van der Waals surface area contributed by atoms with Gasteiger partial charge in [0.1, 0.15) is 17.4 Å². The van der Waals surface area contributed by atoms with Crippen molar-refractivity contribution in [3.63, 3.8) is 0 Å². The highest BCUT2D eigenvalue weighted by molar-refractivity contribution is 5.19. The molecular formula is C14H15F2NO. The average molecular weight is 251 g/mol. The van der Waals surface area contributed by atoms with E-state index in [1.54, 1.807) is 6.26 Å². The van der Waals surface area contributed by atoms with E-state index in [4.69, 9.17) is 10.2 Å². The van der Waals surface area contributed by atoms with Gasteiger partial charge in [0.25, 0.3) is 0 Å². The second-order valence-corrected chi connectivity index (χ2v) is 4.32. The van der Waals surface area contributed by atoms with E-state index in [0.717, 1.165) is 17.9 Å². The zero-order valence-electron chi connectivity index (χ0n) is 9.90. The maximum absolute atomic E-state index is 13.4. The SMILES string of the molecule is NC(CCc1ccco1)Cc1cc(F)ccc1F. The molecule has 1 heterocycles. The van der Waals surface area contributed by atoms with Crippen LogP contribution in [0.2, 0.25) is 0 Å². The number of nitrogens with two attached hydrogens (primary N) is 1. The van der Waals surface area contributed by atoms with Gasteiger partial charge in [-0.3, -0.25) is 0 Å². The van der Waals surface area contributed by atoms with E-state index < -0.39 is 11.6 Å². The Balaban J connectivity index is 1.90. The van der Waals surface area contributed by atoms with Gasteiger partial charge in [-0.15, -0.1) is 0 Å². The summed E-state index contributed by atoms with van der Waals surface area (Å²) in [5, 5.41) is 0. The first-order valence-electron chi connectivity index (χ1n) is 5.87. The van der Waals surface area contributed by atoms with Crippen LogP contribution in [-0.4, -0.2) is 6.04 Å². The van der Waals surface area contributed by atoms with E-state index in [0.29, 0.717) is 24.8 Å². The number of hydrogen-bond acceptors (Lipinski definition) is 2. The first-order chi connectivity index (χ1) is 8.65. The first-order valence-corrected chi connectivity index (χ1v) is 5.87. The molecule has 0 spiro atoms. The second kappa shape index (κ2) is 5.78. The molecule has 1 aromatic heterocycles. The number of hydrogen-bond donors (Lipinski definition) is 1. The van der Waals surface area contributed by atoms with Gasteiger partial charge in [0.05, 0.1) is 6.26 Å². The monoisotopic (exact) mass is 251 g/mol. The quantitative estimate of drug-likeness (QED) is 0.887. The molecule has 0 bridgehead atoms. The molecule has 0 aliphatic carbocycles. The van der Waals surface area contributed by atoms with Gasteiger partial charge in [-0.25, -0.2) is 8.78 Å². The number of halogens is 2. The summed E-state index contributed by atoms with van der Waals surface area (Å²) < 4.78 is 31.6. The minimum absolute atomic E-state index is 0.216. The molecule has 0 radical (unpaired) electrons. The molecule has 1 atom stereocenters. The van der Waals surface area contributed by atoms with E-state index in [1.807, 2.05) is 12.1 Å². The fraction of sp³-hybridized carbons (Fsp3) is 0.286. The Hall–Kier alpha value is -1.68. The van der Waals surface area contributed by atoms with Crippen LogP contribution >= 0.6 is 0 Å². The van der Waals surface area contributed by atoms with Crippen LogP contribution in [-0.2, 0) is 12.8 Å². The molecule has 18 heavy (non-hydrogen) atoms. The van der Waals surface area contributed by atoms with E-state index >= 15 is 0 Å². The molecular weight excluding hydrogens is 236 g/mol. The molecule has 0 aliphatic heterocycles. The minimum Gasteiger partial charge on any atom is -0.469 e. The lowest BCUT2D eigenvalue weighted by molar-refractivity contribution is 0.480. The van der Waals surface area contributed by atoms with Crippen molar-refractivity contribution < 1.29 is 13.2 Å². The summed E-state index contributed by atoms with van der Waals surface area (Å²) in [7, 11) is 0. The normalized spacial score (nSPS) is 12.6. The molecule has 0 aliphatic rings. The summed E-state index contributed by atoms with van der Waals surface area (Å²) in [6.07, 6.45) is 3.30. The Morgan fingerprint density at radius 3 is 2.78 bits per heavy atom. The summed E-state index contributed by atoms with van der Waals surface area (Å²) in [4.78, 5) is 0. The second-order valence-electron chi connectivity index (χ2n) is 4.32. The van der Waals surface area contributed by atoms with Crippen LogP contribution < -0.4 is 5.73 Å². The summed E-state index contributed by atoms with van der Waals surface area (Å²) >= 11 is 0. The molecule has 96 valence electrons. The lowest BCUT2D eigenvalue weighted by atomic mass is 10.0. The van der Waals surface area contributed by atoms with Gasteiger partial charge >= 0.3 is 0 Å². The highest BCUT2D eigenvalue weighted by atomic mass is 19.1. The fourth-order valence-corrected chi connectivity index (χ4v) is 1.87. The zero-order chi connectivity index (χ0) is 13.0. The average Bonchev–Trinajstić information content (AvgIpc) is 2.84. The minimum atomic E-state index is -0.440. The number of benzene rings is 1. The highest BCUT2D eigenvalue weighted by Gasteiger charge is 2.10. The molecule has 2 rings (SSSR count). The molecule has 0 saturated carbocycles. The summed E-state index contributed by atoms with van der Waals surface area (Å²) in [6, 6.07) is 6.90. The van der Waals surface area contributed by atoms with Gasteiger partial charge in [0.2, 0.25) is 0 Å². The number of furan rings is 1. The molecule has 1 unspecified atom stereocenters. The van der Waals surface area contributed by atoms with Crippen molar-refractivity contribution in [3.8, 4) is 0 Å². The van der Waals surface area contributed by atoms with Crippen molar-refractivity contribution in [2.75, 3.05) is 0 Å². The predicted molar refractivity (Wildman–Crippen MR) is 65.1 cm³/mol. The van der Waals surface area contributed by atoms with Gasteiger partial charge in [-0.1, -0.05) is 0 Å². The summed E-state index contributed by atoms with van der Waals surface area (Å²) in [5.41, 5.74) is 6.23. The smallest absolute Gasteiger partial charge is 0.126 e. The third kappa shape index (κ3) is 3.40. The predicted octanol–water partition coefficient (Wildman–Crippen LogP) is 3.06. The van der Waals surface area contributed by atoms with Gasteiger partial charge in [0.15, 0.2) is 0 Å². The topological polar surface area (TPSA) is 39.2 Å². The Bertz CT molecular complexity index is 497. The van der Waals surface area contributed by atoms with Crippen LogP contribution in [0.1, 0.15) is 17.7 Å². The van der Waals surface area contributed by atoms with Crippen molar-refractivity contribution >= 4 is 0 Å². The molecule has 4 heteroatoms. The van der Waals surface area contributed by atoms with E-state index in [-0.39, 0.29) is 6.04 Å². The summed E-state index contributed by atoms with van der Waals surface area (Å²) in [6.45, 7) is 0. The third-order valence-electron chi connectivity index (χ3n) is 2.83. The lowest BCUT2D eigenvalue weighted by Crippen LogP contribution is -2.24. The largest absolute Gasteiger partial charge is 0.469 e. The molecule has 2 N–H and O–H groups in total. The van der Waals surface area contributed by atoms with Crippen molar-refractivity contribution in [1.29, 1.82) is 0 Å². The molecule has 1 aromatic carbocycles. The van der Waals surface area contributed by atoms with E-state index in [9.17, 15) is 8.78 Å². The standard InChI is InChI=1S/C14H15F2NO/c15-11-3-6-14(16)10(8-11)9-12(17)4-5-13-2-1-7-18-13/h1-3,6-8,12H,4-5,9,17H2. The van der Waals surface area contributed by atoms with E-state index in [1.165, 1.54) is 6.07 Å². The summed E-state index contributed by atoms with van der Waals surface area (Å²) in [5.74, 6) is -0.000327. The Morgan fingerprint density at radius 2 is 2.06 bits per heavy atom. The van der Waals surface area contributed by atoms with Crippen LogP contribution in [0.3, 0.4) is 0 Å². The van der Waals surface area contributed by atoms with Crippen molar-refractivity contribution in [2.24, 2.45) is 5.73 Å². The Kier molecular flexibility index (Phi) is 4.10.